The van der Waals surface area contributed by atoms with E-state index in [4.69, 9.17) is 9.47 Å². The van der Waals surface area contributed by atoms with E-state index in [2.05, 4.69) is 33.2 Å². The molecular formula is C15H15BrN2O2. The molecule has 0 saturated carbocycles. The number of aromatic nitrogens is 1. The second kappa shape index (κ2) is 5.81. The largest absolute Gasteiger partial charge is 0.454 e. The predicted molar refractivity (Wildman–Crippen MR) is 79.8 cm³/mol. The zero-order valence-corrected chi connectivity index (χ0v) is 12.7. The molecule has 1 unspecified atom stereocenters. The second-order valence-electron chi connectivity index (χ2n) is 4.68. The summed E-state index contributed by atoms with van der Waals surface area (Å²) in [5.41, 5.74) is 2.37. The van der Waals surface area contributed by atoms with Crippen LogP contribution in [0.15, 0.2) is 41.1 Å². The molecule has 0 radical (unpaired) electrons. The van der Waals surface area contributed by atoms with Crippen molar-refractivity contribution in [3.05, 3.63) is 52.3 Å². The van der Waals surface area contributed by atoms with Crippen molar-refractivity contribution in [3.63, 3.8) is 0 Å². The molecule has 1 atom stereocenters. The van der Waals surface area contributed by atoms with E-state index in [-0.39, 0.29) is 6.04 Å². The van der Waals surface area contributed by atoms with E-state index < -0.39 is 0 Å². The number of halogens is 1. The first-order valence-electron chi connectivity index (χ1n) is 6.45. The van der Waals surface area contributed by atoms with Crippen LogP contribution in [0.1, 0.15) is 24.1 Å². The molecule has 1 aliphatic heterocycles. The van der Waals surface area contributed by atoms with Gasteiger partial charge in [-0.2, -0.15) is 0 Å². The van der Waals surface area contributed by atoms with Crippen molar-refractivity contribution in [1.29, 1.82) is 0 Å². The molecule has 0 spiro atoms. The number of hydrogen-bond donors (Lipinski definition) is 1. The Labute approximate surface area is 126 Å². The molecule has 20 heavy (non-hydrogen) atoms. The molecule has 0 bridgehead atoms. The first-order valence-corrected chi connectivity index (χ1v) is 7.24. The molecule has 1 aliphatic rings. The Balaban J connectivity index is 1.70. The number of fused-ring (bicyclic) bond motifs is 1. The van der Waals surface area contributed by atoms with Crippen molar-refractivity contribution in [2.45, 2.75) is 19.5 Å². The fourth-order valence-corrected chi connectivity index (χ4v) is 2.59. The predicted octanol–water partition coefficient (Wildman–Crippen LogP) is 3.42. The van der Waals surface area contributed by atoms with Gasteiger partial charge in [-0.1, -0.05) is 15.9 Å². The minimum Gasteiger partial charge on any atom is -0.454 e. The number of hydrogen-bond acceptors (Lipinski definition) is 4. The Kier molecular flexibility index (Phi) is 3.89. The monoisotopic (exact) mass is 334 g/mol. The third kappa shape index (κ3) is 2.78. The lowest BCUT2D eigenvalue weighted by Crippen LogP contribution is -2.18. The standard InChI is InChI=1S/C15H15BrN2O2/c1-10(11-2-4-17-5-3-11)18-8-12-6-14-15(7-13(12)16)20-9-19-14/h2-7,10,18H,8-9H2,1H3. The highest BCUT2D eigenvalue weighted by molar-refractivity contribution is 9.10. The molecule has 0 saturated heterocycles. The lowest BCUT2D eigenvalue weighted by Gasteiger charge is -2.15. The molecule has 0 fully saturated rings. The fraction of sp³-hybridized carbons (Fsp3) is 0.267. The molecule has 1 aromatic carbocycles. The zero-order valence-electron chi connectivity index (χ0n) is 11.1. The molecular weight excluding hydrogens is 320 g/mol. The quantitative estimate of drug-likeness (QED) is 0.930. The van der Waals surface area contributed by atoms with E-state index in [1.807, 2.05) is 36.7 Å². The van der Waals surface area contributed by atoms with Gasteiger partial charge in [0.1, 0.15) is 0 Å². The Morgan fingerprint density at radius 3 is 2.70 bits per heavy atom. The van der Waals surface area contributed by atoms with Gasteiger partial charge in [0.15, 0.2) is 11.5 Å². The van der Waals surface area contributed by atoms with Crippen LogP contribution in [-0.4, -0.2) is 11.8 Å². The van der Waals surface area contributed by atoms with E-state index in [0.717, 1.165) is 28.1 Å². The summed E-state index contributed by atoms with van der Waals surface area (Å²) >= 11 is 3.57. The van der Waals surface area contributed by atoms with Crippen LogP contribution in [0.5, 0.6) is 11.5 Å². The number of ether oxygens (including phenoxy) is 2. The summed E-state index contributed by atoms with van der Waals surface area (Å²) in [6, 6.07) is 8.27. The topological polar surface area (TPSA) is 43.4 Å². The number of pyridine rings is 1. The van der Waals surface area contributed by atoms with Crippen LogP contribution in [0, 0.1) is 0 Å². The maximum absolute atomic E-state index is 5.41. The third-order valence-corrected chi connectivity index (χ3v) is 4.08. The van der Waals surface area contributed by atoms with E-state index in [9.17, 15) is 0 Å². The summed E-state index contributed by atoms with van der Waals surface area (Å²) in [6.45, 7) is 3.18. The van der Waals surface area contributed by atoms with Crippen molar-refractivity contribution in [1.82, 2.24) is 10.3 Å². The van der Waals surface area contributed by atoms with E-state index in [0.29, 0.717) is 6.79 Å². The maximum Gasteiger partial charge on any atom is 0.231 e. The van der Waals surface area contributed by atoms with Gasteiger partial charge in [-0.15, -0.1) is 0 Å². The molecule has 4 nitrogen and oxygen atoms in total. The first-order chi connectivity index (χ1) is 9.74. The Bertz CT molecular complexity index is 604. The molecule has 104 valence electrons. The minimum absolute atomic E-state index is 0.260. The van der Waals surface area contributed by atoms with Gasteiger partial charge in [0.05, 0.1) is 0 Å². The number of nitrogens with one attached hydrogen (secondary N) is 1. The fourth-order valence-electron chi connectivity index (χ4n) is 2.13. The molecule has 2 heterocycles. The highest BCUT2D eigenvalue weighted by atomic mass is 79.9. The maximum atomic E-state index is 5.41. The molecule has 0 amide bonds. The average molecular weight is 335 g/mol. The van der Waals surface area contributed by atoms with Crippen LogP contribution in [0.3, 0.4) is 0 Å². The van der Waals surface area contributed by atoms with Crippen molar-refractivity contribution in [2.75, 3.05) is 6.79 Å². The summed E-state index contributed by atoms with van der Waals surface area (Å²) in [7, 11) is 0. The van der Waals surface area contributed by atoms with Crippen LogP contribution < -0.4 is 14.8 Å². The highest BCUT2D eigenvalue weighted by Crippen LogP contribution is 2.37. The third-order valence-electron chi connectivity index (χ3n) is 3.35. The van der Waals surface area contributed by atoms with Crippen LogP contribution >= 0.6 is 15.9 Å². The summed E-state index contributed by atoms with van der Waals surface area (Å²) in [6.07, 6.45) is 3.62. The summed E-state index contributed by atoms with van der Waals surface area (Å²) in [4.78, 5) is 4.03. The van der Waals surface area contributed by atoms with Crippen LogP contribution in [0.4, 0.5) is 0 Å². The summed E-state index contributed by atoms with van der Waals surface area (Å²) < 4.78 is 11.8. The van der Waals surface area contributed by atoms with Crippen LogP contribution in [-0.2, 0) is 6.54 Å². The number of rotatable bonds is 4. The molecule has 5 heteroatoms. The Morgan fingerprint density at radius 2 is 1.95 bits per heavy atom. The second-order valence-corrected chi connectivity index (χ2v) is 5.53. The highest BCUT2D eigenvalue weighted by Gasteiger charge is 2.16. The summed E-state index contributed by atoms with van der Waals surface area (Å²) in [5, 5.41) is 3.49. The van der Waals surface area contributed by atoms with Gasteiger partial charge in [-0.3, -0.25) is 4.98 Å². The SMILES string of the molecule is CC(NCc1cc2c(cc1Br)OCO2)c1ccncc1. The molecule has 1 aromatic heterocycles. The molecule has 0 aliphatic carbocycles. The Morgan fingerprint density at radius 1 is 1.25 bits per heavy atom. The van der Waals surface area contributed by atoms with E-state index in [1.165, 1.54) is 5.56 Å². The number of nitrogens with zero attached hydrogens (tertiary/aromatic N) is 1. The lowest BCUT2D eigenvalue weighted by atomic mass is 10.1. The van der Waals surface area contributed by atoms with Gasteiger partial charge in [-0.05, 0) is 42.3 Å². The average Bonchev–Trinajstić information content (AvgIpc) is 2.92. The van der Waals surface area contributed by atoms with Gasteiger partial charge in [0.2, 0.25) is 6.79 Å². The minimum atomic E-state index is 0.260. The van der Waals surface area contributed by atoms with Crippen LogP contribution in [0.25, 0.3) is 0 Å². The Hall–Kier alpha value is -1.59. The van der Waals surface area contributed by atoms with Crippen LogP contribution in [0.2, 0.25) is 0 Å². The van der Waals surface area contributed by atoms with Crippen molar-refractivity contribution >= 4 is 15.9 Å². The number of benzene rings is 1. The smallest absolute Gasteiger partial charge is 0.231 e. The van der Waals surface area contributed by atoms with Gasteiger partial charge >= 0.3 is 0 Å². The molecule has 2 aromatic rings. The van der Waals surface area contributed by atoms with E-state index >= 15 is 0 Å². The molecule has 1 N–H and O–H groups in total. The van der Waals surface area contributed by atoms with Gasteiger partial charge in [0.25, 0.3) is 0 Å². The zero-order chi connectivity index (χ0) is 13.9. The summed E-state index contributed by atoms with van der Waals surface area (Å²) in [5.74, 6) is 1.60. The molecule has 3 rings (SSSR count). The van der Waals surface area contributed by atoms with Crippen molar-refractivity contribution < 1.29 is 9.47 Å². The normalized spacial score (nSPS) is 14.3. The van der Waals surface area contributed by atoms with Gasteiger partial charge < -0.3 is 14.8 Å². The first kappa shape index (κ1) is 13.4. The van der Waals surface area contributed by atoms with Crippen molar-refractivity contribution in [2.24, 2.45) is 0 Å². The lowest BCUT2D eigenvalue weighted by molar-refractivity contribution is 0.174. The van der Waals surface area contributed by atoms with E-state index in [1.54, 1.807) is 0 Å². The van der Waals surface area contributed by atoms with Gasteiger partial charge in [-0.25, -0.2) is 0 Å². The van der Waals surface area contributed by atoms with Crippen molar-refractivity contribution in [3.8, 4) is 11.5 Å². The van der Waals surface area contributed by atoms with Gasteiger partial charge in [0, 0.05) is 29.5 Å².